The quantitative estimate of drug-likeness (QED) is 0.679. The normalized spacial score (nSPS) is 25.4. The van der Waals surface area contributed by atoms with Crippen molar-refractivity contribution in [2.45, 2.75) is 45.4 Å². The molecule has 94 valence electrons. The van der Waals surface area contributed by atoms with E-state index in [0.717, 1.165) is 31.3 Å². The number of hydrogen-bond acceptors (Lipinski definition) is 2. The summed E-state index contributed by atoms with van der Waals surface area (Å²) in [6, 6.07) is 0. The van der Waals surface area contributed by atoms with Gasteiger partial charge >= 0.3 is 0 Å². The van der Waals surface area contributed by atoms with Crippen LogP contribution in [0.2, 0.25) is 0 Å². The fourth-order valence-corrected chi connectivity index (χ4v) is 2.48. The molecular weight excluding hydrogens is 200 g/mol. The Kier molecular flexibility index (Phi) is 6.46. The third-order valence-corrected chi connectivity index (χ3v) is 3.73. The van der Waals surface area contributed by atoms with Gasteiger partial charge in [0, 0.05) is 13.5 Å². The lowest BCUT2D eigenvalue weighted by Gasteiger charge is -2.28. The lowest BCUT2D eigenvalue weighted by atomic mass is 9.80. The van der Waals surface area contributed by atoms with Crippen LogP contribution in [-0.2, 0) is 4.79 Å². The molecule has 2 atom stereocenters. The van der Waals surface area contributed by atoms with Gasteiger partial charge in [-0.05, 0) is 37.8 Å². The van der Waals surface area contributed by atoms with E-state index in [1.165, 1.54) is 25.7 Å². The van der Waals surface area contributed by atoms with Gasteiger partial charge in [-0.2, -0.15) is 0 Å². The highest BCUT2D eigenvalue weighted by Gasteiger charge is 2.20. The van der Waals surface area contributed by atoms with Crippen LogP contribution in [-0.4, -0.2) is 26.0 Å². The third kappa shape index (κ3) is 4.97. The summed E-state index contributed by atoms with van der Waals surface area (Å²) in [4.78, 5) is 11.0. The Morgan fingerprint density at radius 3 is 2.75 bits per heavy atom. The van der Waals surface area contributed by atoms with Crippen molar-refractivity contribution in [3.63, 3.8) is 0 Å². The van der Waals surface area contributed by atoms with Gasteiger partial charge in [0.1, 0.15) is 0 Å². The third-order valence-electron chi connectivity index (χ3n) is 3.73. The minimum atomic E-state index is 0.146. The predicted molar refractivity (Wildman–Crippen MR) is 67.3 cm³/mol. The molecule has 0 aromatic heterocycles. The molecule has 1 aliphatic rings. The minimum absolute atomic E-state index is 0.146. The minimum Gasteiger partial charge on any atom is -0.359 e. The van der Waals surface area contributed by atoms with E-state index in [0.29, 0.717) is 6.42 Å². The maximum absolute atomic E-state index is 11.0. The molecule has 1 rings (SSSR count). The maximum atomic E-state index is 11.0. The molecule has 1 saturated carbocycles. The second-order valence-electron chi connectivity index (χ2n) is 5.00. The summed E-state index contributed by atoms with van der Waals surface area (Å²) in [5.74, 6) is 1.88. The molecule has 0 spiro atoms. The number of nitrogens with one attached hydrogen (secondary N) is 2. The van der Waals surface area contributed by atoms with Gasteiger partial charge in [0.2, 0.25) is 5.91 Å². The van der Waals surface area contributed by atoms with E-state index in [-0.39, 0.29) is 5.91 Å². The number of carbonyl (C=O) groups is 1. The Labute approximate surface area is 99.4 Å². The van der Waals surface area contributed by atoms with Crippen molar-refractivity contribution in [3.8, 4) is 0 Å². The Morgan fingerprint density at radius 2 is 2.06 bits per heavy atom. The fraction of sp³-hybridized carbons (Fsp3) is 0.923. The Bertz CT molecular complexity index is 206. The molecular formula is C13H26N2O. The van der Waals surface area contributed by atoms with E-state index >= 15 is 0 Å². The van der Waals surface area contributed by atoms with Crippen molar-refractivity contribution in [1.82, 2.24) is 10.6 Å². The van der Waals surface area contributed by atoms with Crippen LogP contribution >= 0.6 is 0 Å². The highest BCUT2D eigenvalue weighted by atomic mass is 16.1. The Hall–Kier alpha value is -0.570. The smallest absolute Gasteiger partial charge is 0.219 e. The zero-order chi connectivity index (χ0) is 11.8. The zero-order valence-corrected chi connectivity index (χ0v) is 10.7. The molecule has 2 N–H and O–H groups in total. The average Bonchev–Trinajstić information content (AvgIpc) is 2.30. The van der Waals surface area contributed by atoms with Crippen molar-refractivity contribution in [2.75, 3.05) is 20.1 Å². The van der Waals surface area contributed by atoms with E-state index in [2.05, 4.69) is 17.6 Å². The van der Waals surface area contributed by atoms with E-state index < -0.39 is 0 Å². The molecule has 0 radical (unpaired) electrons. The first-order valence-corrected chi connectivity index (χ1v) is 6.65. The number of carbonyl (C=O) groups excluding carboxylic acids is 1. The number of hydrogen-bond donors (Lipinski definition) is 2. The van der Waals surface area contributed by atoms with E-state index in [1.54, 1.807) is 7.05 Å². The fourth-order valence-electron chi connectivity index (χ4n) is 2.48. The molecule has 1 amide bonds. The van der Waals surface area contributed by atoms with Crippen molar-refractivity contribution in [1.29, 1.82) is 0 Å². The molecule has 3 nitrogen and oxygen atoms in total. The highest BCUT2D eigenvalue weighted by molar-refractivity contribution is 5.75. The second-order valence-corrected chi connectivity index (χ2v) is 5.00. The summed E-state index contributed by atoms with van der Waals surface area (Å²) in [7, 11) is 1.69. The summed E-state index contributed by atoms with van der Waals surface area (Å²) < 4.78 is 0. The molecule has 0 aromatic carbocycles. The van der Waals surface area contributed by atoms with Crippen LogP contribution in [0, 0.1) is 11.8 Å². The van der Waals surface area contributed by atoms with Crippen LogP contribution < -0.4 is 10.6 Å². The van der Waals surface area contributed by atoms with Crippen molar-refractivity contribution in [2.24, 2.45) is 11.8 Å². The molecule has 16 heavy (non-hydrogen) atoms. The monoisotopic (exact) mass is 226 g/mol. The summed E-state index contributed by atoms with van der Waals surface area (Å²) in [6.07, 6.45) is 7.17. The first-order chi connectivity index (χ1) is 7.74. The predicted octanol–water partition coefficient (Wildman–Crippen LogP) is 1.93. The summed E-state index contributed by atoms with van der Waals surface area (Å²) in [5.41, 5.74) is 0. The first-order valence-electron chi connectivity index (χ1n) is 6.65. The van der Waals surface area contributed by atoms with Crippen LogP contribution in [0.4, 0.5) is 0 Å². The topological polar surface area (TPSA) is 41.1 Å². The SMILES string of the molecule is CNC(=O)CCCNCC1CCCCC1C. The van der Waals surface area contributed by atoms with Crippen molar-refractivity contribution in [3.05, 3.63) is 0 Å². The molecule has 1 aliphatic carbocycles. The van der Waals surface area contributed by atoms with Gasteiger partial charge in [-0.3, -0.25) is 4.79 Å². The van der Waals surface area contributed by atoms with Crippen molar-refractivity contribution >= 4 is 5.91 Å². The van der Waals surface area contributed by atoms with Gasteiger partial charge in [0.05, 0.1) is 0 Å². The molecule has 2 unspecified atom stereocenters. The maximum Gasteiger partial charge on any atom is 0.219 e. The zero-order valence-electron chi connectivity index (χ0n) is 10.7. The van der Waals surface area contributed by atoms with E-state index in [9.17, 15) is 4.79 Å². The highest BCUT2D eigenvalue weighted by Crippen LogP contribution is 2.28. The van der Waals surface area contributed by atoms with Gasteiger partial charge in [0.15, 0.2) is 0 Å². The van der Waals surface area contributed by atoms with Gasteiger partial charge in [-0.15, -0.1) is 0 Å². The van der Waals surface area contributed by atoms with Gasteiger partial charge in [-0.25, -0.2) is 0 Å². The lowest BCUT2D eigenvalue weighted by Crippen LogP contribution is -2.30. The lowest BCUT2D eigenvalue weighted by molar-refractivity contribution is -0.120. The van der Waals surface area contributed by atoms with Crippen LogP contribution in [0.3, 0.4) is 0 Å². The van der Waals surface area contributed by atoms with Crippen molar-refractivity contribution < 1.29 is 4.79 Å². The van der Waals surface area contributed by atoms with E-state index in [4.69, 9.17) is 0 Å². The number of rotatable bonds is 6. The van der Waals surface area contributed by atoms with Gasteiger partial charge in [0.25, 0.3) is 0 Å². The molecule has 1 fully saturated rings. The van der Waals surface area contributed by atoms with Crippen LogP contribution in [0.5, 0.6) is 0 Å². The van der Waals surface area contributed by atoms with E-state index in [1.807, 2.05) is 0 Å². The summed E-state index contributed by atoms with van der Waals surface area (Å²) in [5, 5.41) is 6.13. The molecule has 0 saturated heterocycles. The molecule has 3 heteroatoms. The van der Waals surface area contributed by atoms with Crippen LogP contribution in [0.1, 0.15) is 45.4 Å². The summed E-state index contributed by atoms with van der Waals surface area (Å²) in [6.45, 7) is 4.47. The van der Waals surface area contributed by atoms with Crippen LogP contribution in [0.15, 0.2) is 0 Å². The average molecular weight is 226 g/mol. The first kappa shape index (κ1) is 13.5. The molecule has 0 aromatic rings. The number of amides is 1. The van der Waals surface area contributed by atoms with Gasteiger partial charge < -0.3 is 10.6 Å². The second kappa shape index (κ2) is 7.66. The molecule has 0 bridgehead atoms. The molecule has 0 heterocycles. The largest absolute Gasteiger partial charge is 0.359 e. The Balaban J connectivity index is 1.99. The standard InChI is InChI=1S/C13H26N2O/c1-11-6-3-4-7-12(11)10-15-9-5-8-13(16)14-2/h11-12,15H,3-10H2,1-2H3,(H,14,16). The summed E-state index contributed by atoms with van der Waals surface area (Å²) >= 11 is 0. The Morgan fingerprint density at radius 1 is 1.31 bits per heavy atom. The van der Waals surface area contributed by atoms with Crippen LogP contribution in [0.25, 0.3) is 0 Å². The van der Waals surface area contributed by atoms with Gasteiger partial charge in [-0.1, -0.05) is 26.2 Å². The molecule has 0 aliphatic heterocycles.